The van der Waals surface area contributed by atoms with Gasteiger partial charge in [0.15, 0.2) is 12.6 Å². The highest BCUT2D eigenvalue weighted by atomic mass is 35.5. The second-order valence-electron chi connectivity index (χ2n) is 3.59. The number of hydrogen-bond donors (Lipinski definition) is 0. The Morgan fingerprint density at radius 3 is 2.12 bits per heavy atom. The van der Waals surface area contributed by atoms with Gasteiger partial charge in [0.2, 0.25) is 0 Å². The predicted molar refractivity (Wildman–Crippen MR) is 69.5 cm³/mol. The molecule has 94 valence electrons. The molecule has 0 aromatic carbocycles. The van der Waals surface area contributed by atoms with E-state index in [4.69, 9.17) is 11.6 Å². The van der Waals surface area contributed by atoms with E-state index in [1.807, 2.05) is 25.7 Å². The first-order valence-corrected chi connectivity index (χ1v) is 6.11. The molecule has 0 N–H and O–H groups in total. The van der Waals surface area contributed by atoms with Crippen LogP contribution in [0, 0.1) is 0 Å². The third kappa shape index (κ3) is 2.22. The van der Waals surface area contributed by atoms with Crippen LogP contribution in [-0.4, -0.2) is 30.2 Å². The van der Waals surface area contributed by atoms with Crippen LogP contribution in [0.4, 0.5) is 5.82 Å². The van der Waals surface area contributed by atoms with Crippen molar-refractivity contribution in [2.24, 2.45) is 0 Å². The molecule has 0 aliphatic rings. The highest BCUT2D eigenvalue weighted by Crippen LogP contribution is 2.32. The SMILES string of the molecule is CCN(CC)c1c(C=O)c(Cl)c(C=O)n1CC. The molecule has 0 aliphatic carbocycles. The van der Waals surface area contributed by atoms with Crippen LogP contribution in [0.5, 0.6) is 0 Å². The largest absolute Gasteiger partial charge is 0.358 e. The molecular formula is C12H17ClN2O2. The number of rotatable bonds is 6. The summed E-state index contributed by atoms with van der Waals surface area (Å²) in [5, 5.41) is 0.249. The van der Waals surface area contributed by atoms with E-state index in [0.717, 1.165) is 25.2 Å². The third-order valence-electron chi connectivity index (χ3n) is 2.86. The van der Waals surface area contributed by atoms with Crippen LogP contribution in [0.3, 0.4) is 0 Å². The monoisotopic (exact) mass is 256 g/mol. The minimum absolute atomic E-state index is 0.249. The van der Waals surface area contributed by atoms with E-state index in [1.54, 1.807) is 4.57 Å². The summed E-state index contributed by atoms with van der Waals surface area (Å²) < 4.78 is 1.78. The van der Waals surface area contributed by atoms with E-state index >= 15 is 0 Å². The summed E-state index contributed by atoms with van der Waals surface area (Å²) in [5.74, 6) is 0.736. The second kappa shape index (κ2) is 5.87. The average molecular weight is 257 g/mol. The molecule has 0 amide bonds. The number of carbonyl (C=O) groups excluding carboxylic acids is 2. The molecule has 5 heteroatoms. The summed E-state index contributed by atoms with van der Waals surface area (Å²) in [5.41, 5.74) is 0.775. The predicted octanol–water partition coefficient (Wildman–Crippen LogP) is 2.63. The maximum atomic E-state index is 11.1. The van der Waals surface area contributed by atoms with Crippen molar-refractivity contribution in [2.75, 3.05) is 18.0 Å². The van der Waals surface area contributed by atoms with Gasteiger partial charge < -0.3 is 9.47 Å². The van der Waals surface area contributed by atoms with Gasteiger partial charge in [0.05, 0.1) is 10.6 Å². The highest BCUT2D eigenvalue weighted by Gasteiger charge is 2.23. The molecule has 0 bridgehead atoms. The summed E-state index contributed by atoms with van der Waals surface area (Å²) in [6.07, 6.45) is 1.42. The van der Waals surface area contributed by atoms with Crippen LogP contribution in [0.15, 0.2) is 0 Å². The smallest absolute Gasteiger partial charge is 0.168 e. The molecule has 17 heavy (non-hydrogen) atoms. The molecule has 0 spiro atoms. The van der Waals surface area contributed by atoms with Crippen molar-refractivity contribution in [3.05, 3.63) is 16.3 Å². The Labute approximate surface area is 106 Å². The van der Waals surface area contributed by atoms with Crippen molar-refractivity contribution in [1.29, 1.82) is 0 Å². The van der Waals surface area contributed by atoms with Crippen LogP contribution in [0.25, 0.3) is 0 Å². The van der Waals surface area contributed by atoms with Crippen molar-refractivity contribution in [2.45, 2.75) is 27.3 Å². The van der Waals surface area contributed by atoms with E-state index in [2.05, 4.69) is 0 Å². The topological polar surface area (TPSA) is 42.3 Å². The number of nitrogens with zero attached hydrogens (tertiary/aromatic N) is 2. The number of hydrogen-bond acceptors (Lipinski definition) is 3. The highest BCUT2D eigenvalue weighted by molar-refractivity contribution is 6.36. The Bertz CT molecular complexity index is 423. The van der Waals surface area contributed by atoms with Crippen LogP contribution >= 0.6 is 11.6 Å². The lowest BCUT2D eigenvalue weighted by Gasteiger charge is -2.23. The molecule has 0 saturated heterocycles. The summed E-state index contributed by atoms with van der Waals surface area (Å²) in [4.78, 5) is 24.2. The summed E-state index contributed by atoms with van der Waals surface area (Å²) in [6, 6.07) is 0. The zero-order valence-electron chi connectivity index (χ0n) is 10.4. The Hall–Kier alpha value is -1.29. The molecule has 0 aliphatic heterocycles. The van der Waals surface area contributed by atoms with E-state index in [0.29, 0.717) is 24.1 Å². The lowest BCUT2D eigenvalue weighted by atomic mass is 10.3. The van der Waals surface area contributed by atoms with E-state index in [1.165, 1.54) is 0 Å². The zero-order chi connectivity index (χ0) is 13.0. The lowest BCUT2D eigenvalue weighted by molar-refractivity contribution is 0.111. The fraction of sp³-hybridized carbons (Fsp3) is 0.500. The lowest BCUT2D eigenvalue weighted by Crippen LogP contribution is -2.26. The number of halogens is 1. The van der Waals surface area contributed by atoms with Gasteiger partial charge in [-0.1, -0.05) is 11.6 Å². The second-order valence-corrected chi connectivity index (χ2v) is 3.97. The number of carbonyl (C=O) groups is 2. The van der Waals surface area contributed by atoms with Crippen LogP contribution in [0.2, 0.25) is 5.02 Å². The fourth-order valence-corrected chi connectivity index (χ4v) is 2.29. The van der Waals surface area contributed by atoms with E-state index in [-0.39, 0.29) is 5.02 Å². The maximum absolute atomic E-state index is 11.1. The first-order chi connectivity index (χ1) is 8.15. The summed E-state index contributed by atoms with van der Waals surface area (Å²) in [7, 11) is 0. The third-order valence-corrected chi connectivity index (χ3v) is 3.25. The molecule has 0 atom stereocenters. The number of anilines is 1. The van der Waals surface area contributed by atoms with Crippen LogP contribution in [-0.2, 0) is 6.54 Å². The van der Waals surface area contributed by atoms with Gasteiger partial charge in [-0.3, -0.25) is 9.59 Å². The first kappa shape index (κ1) is 13.8. The number of aromatic nitrogens is 1. The molecule has 1 rings (SSSR count). The first-order valence-electron chi connectivity index (χ1n) is 5.73. The van der Waals surface area contributed by atoms with Gasteiger partial charge in [0.25, 0.3) is 0 Å². The van der Waals surface area contributed by atoms with E-state index < -0.39 is 0 Å². The van der Waals surface area contributed by atoms with Gasteiger partial charge >= 0.3 is 0 Å². The van der Waals surface area contributed by atoms with Crippen molar-refractivity contribution in [3.8, 4) is 0 Å². The fourth-order valence-electron chi connectivity index (χ4n) is 2.02. The van der Waals surface area contributed by atoms with Gasteiger partial charge in [-0.2, -0.15) is 0 Å². The molecule has 0 unspecified atom stereocenters. The van der Waals surface area contributed by atoms with Gasteiger partial charge in [-0.05, 0) is 20.8 Å². The van der Waals surface area contributed by atoms with Gasteiger partial charge in [0, 0.05) is 19.6 Å². The molecule has 0 saturated carbocycles. The van der Waals surface area contributed by atoms with Crippen LogP contribution < -0.4 is 4.90 Å². The van der Waals surface area contributed by atoms with Gasteiger partial charge in [0.1, 0.15) is 11.5 Å². The summed E-state index contributed by atoms with van der Waals surface area (Å²) in [6.45, 7) is 8.05. The van der Waals surface area contributed by atoms with Crippen molar-refractivity contribution in [3.63, 3.8) is 0 Å². The Morgan fingerprint density at radius 1 is 1.18 bits per heavy atom. The van der Waals surface area contributed by atoms with Gasteiger partial charge in [-0.25, -0.2) is 0 Å². The molecule has 1 heterocycles. The molecule has 0 fully saturated rings. The van der Waals surface area contributed by atoms with Crippen molar-refractivity contribution < 1.29 is 9.59 Å². The van der Waals surface area contributed by atoms with Gasteiger partial charge in [-0.15, -0.1) is 0 Å². The standard InChI is InChI=1S/C12H17ClN2O2/c1-4-14(5-2)12-9(7-16)11(13)10(8-17)15(12)6-3/h7-8H,4-6H2,1-3H3. The number of aldehydes is 2. The van der Waals surface area contributed by atoms with Crippen molar-refractivity contribution >= 4 is 30.0 Å². The summed E-state index contributed by atoms with van der Waals surface area (Å²) >= 11 is 6.06. The molecular weight excluding hydrogens is 240 g/mol. The zero-order valence-corrected chi connectivity index (χ0v) is 11.1. The van der Waals surface area contributed by atoms with E-state index in [9.17, 15) is 9.59 Å². The minimum atomic E-state index is 0.249. The van der Waals surface area contributed by atoms with Crippen molar-refractivity contribution in [1.82, 2.24) is 4.57 Å². The minimum Gasteiger partial charge on any atom is -0.358 e. The molecule has 1 aromatic heterocycles. The Kier molecular flexibility index (Phi) is 4.75. The Morgan fingerprint density at radius 2 is 1.76 bits per heavy atom. The quantitative estimate of drug-likeness (QED) is 0.735. The molecule has 1 aromatic rings. The molecule has 0 radical (unpaired) electrons. The average Bonchev–Trinajstić information content (AvgIpc) is 2.62. The van der Waals surface area contributed by atoms with Crippen LogP contribution in [0.1, 0.15) is 41.6 Å². The normalized spacial score (nSPS) is 10.4. The molecule has 4 nitrogen and oxygen atoms in total. The Balaban J connectivity index is 3.54. The maximum Gasteiger partial charge on any atom is 0.168 e.